The minimum Gasteiger partial charge on any atom is -0.508 e. The lowest BCUT2D eigenvalue weighted by molar-refractivity contribution is 0.103. The molecule has 2 aromatic carbocycles. The lowest BCUT2D eigenvalue weighted by atomic mass is 10.1. The summed E-state index contributed by atoms with van der Waals surface area (Å²) in [5.74, 6) is -0.0391. The second-order valence-electron chi connectivity index (χ2n) is 4.85. The summed E-state index contributed by atoms with van der Waals surface area (Å²) in [7, 11) is 0. The van der Waals surface area contributed by atoms with Crippen LogP contribution < -0.4 is 5.32 Å². The number of anilines is 1. The van der Waals surface area contributed by atoms with E-state index in [9.17, 15) is 9.90 Å². The molecular weight excluding hydrogens is 308 g/mol. The van der Waals surface area contributed by atoms with Crippen molar-refractivity contribution in [3.8, 4) is 22.3 Å². The molecule has 0 unspecified atom stereocenters. The Morgan fingerprint density at radius 1 is 1.00 bits per heavy atom. The Morgan fingerprint density at radius 2 is 1.70 bits per heavy atom. The number of hydrogen-bond acceptors (Lipinski definition) is 4. The van der Waals surface area contributed by atoms with Crippen LogP contribution in [0.5, 0.6) is 5.75 Å². The summed E-state index contributed by atoms with van der Waals surface area (Å²) in [5, 5.41) is 20.8. The third kappa shape index (κ3) is 3.39. The molecule has 1 aromatic heterocycles. The monoisotopic (exact) mass is 320 g/mol. The Kier molecular flexibility index (Phi) is 4.09. The number of nitrogens with one attached hydrogen (secondary N) is 1. The van der Waals surface area contributed by atoms with Gasteiger partial charge in [-0.3, -0.25) is 4.79 Å². The van der Waals surface area contributed by atoms with Gasteiger partial charge in [0.05, 0.1) is 16.5 Å². The Hall–Kier alpha value is -3.10. The smallest absolute Gasteiger partial charge is 0.265 e. The second-order valence-corrected chi connectivity index (χ2v) is 5.94. The highest BCUT2D eigenvalue weighted by molar-refractivity contribution is 7.17. The van der Waals surface area contributed by atoms with Gasteiger partial charge in [-0.15, -0.1) is 11.3 Å². The molecular formula is C18H12N2O2S. The molecule has 0 bridgehead atoms. The molecule has 0 aliphatic heterocycles. The molecule has 5 heteroatoms. The van der Waals surface area contributed by atoms with E-state index < -0.39 is 0 Å². The van der Waals surface area contributed by atoms with E-state index in [4.69, 9.17) is 5.26 Å². The highest BCUT2D eigenvalue weighted by atomic mass is 32.1. The van der Waals surface area contributed by atoms with Crippen LogP contribution in [0.2, 0.25) is 0 Å². The number of carbonyl (C=O) groups is 1. The van der Waals surface area contributed by atoms with E-state index in [0.29, 0.717) is 16.1 Å². The number of carbonyl (C=O) groups excluding carboxylic acids is 1. The Morgan fingerprint density at radius 3 is 2.35 bits per heavy atom. The van der Waals surface area contributed by atoms with Crippen LogP contribution in [-0.2, 0) is 0 Å². The topological polar surface area (TPSA) is 73.1 Å². The van der Waals surface area contributed by atoms with Crippen molar-refractivity contribution in [1.29, 1.82) is 5.26 Å². The average molecular weight is 320 g/mol. The summed E-state index contributed by atoms with van der Waals surface area (Å²) < 4.78 is 0. The number of hydrogen-bond donors (Lipinski definition) is 2. The molecule has 1 heterocycles. The van der Waals surface area contributed by atoms with Gasteiger partial charge in [-0.25, -0.2) is 0 Å². The summed E-state index contributed by atoms with van der Waals surface area (Å²) in [6.45, 7) is 0. The Bertz CT molecular complexity index is 875. The molecule has 0 radical (unpaired) electrons. The van der Waals surface area contributed by atoms with Crippen molar-refractivity contribution in [3.63, 3.8) is 0 Å². The number of thiophene rings is 1. The predicted octanol–water partition coefficient (Wildman–Crippen LogP) is 4.24. The summed E-state index contributed by atoms with van der Waals surface area (Å²) in [5.41, 5.74) is 2.20. The van der Waals surface area contributed by atoms with E-state index in [2.05, 4.69) is 11.4 Å². The summed E-state index contributed by atoms with van der Waals surface area (Å²) in [4.78, 5) is 13.8. The Balaban J connectivity index is 1.76. The van der Waals surface area contributed by atoms with Crippen molar-refractivity contribution in [2.45, 2.75) is 0 Å². The number of nitriles is 1. The molecule has 0 atom stereocenters. The van der Waals surface area contributed by atoms with Gasteiger partial charge in [0.2, 0.25) is 0 Å². The first-order valence-electron chi connectivity index (χ1n) is 6.86. The van der Waals surface area contributed by atoms with Crippen molar-refractivity contribution in [1.82, 2.24) is 0 Å². The van der Waals surface area contributed by atoms with Gasteiger partial charge in [-0.2, -0.15) is 5.26 Å². The molecule has 0 aliphatic carbocycles. The molecule has 4 nitrogen and oxygen atoms in total. The number of benzene rings is 2. The zero-order valence-electron chi connectivity index (χ0n) is 12.0. The summed E-state index contributed by atoms with van der Waals surface area (Å²) in [6, 6.07) is 19.3. The minimum absolute atomic E-state index is 0.155. The van der Waals surface area contributed by atoms with Gasteiger partial charge in [0.1, 0.15) is 5.75 Å². The van der Waals surface area contributed by atoms with Crippen LogP contribution in [0, 0.1) is 11.3 Å². The van der Waals surface area contributed by atoms with Crippen LogP contribution in [0.1, 0.15) is 15.2 Å². The first-order valence-corrected chi connectivity index (χ1v) is 7.68. The van der Waals surface area contributed by atoms with Crippen molar-refractivity contribution >= 4 is 22.9 Å². The fraction of sp³-hybridized carbons (Fsp3) is 0. The van der Waals surface area contributed by atoms with E-state index in [0.717, 1.165) is 10.4 Å². The van der Waals surface area contributed by atoms with Gasteiger partial charge >= 0.3 is 0 Å². The first kappa shape index (κ1) is 14.8. The van der Waals surface area contributed by atoms with Crippen LogP contribution in [-0.4, -0.2) is 11.0 Å². The molecule has 3 aromatic rings. The quantitative estimate of drug-likeness (QED) is 0.709. The zero-order chi connectivity index (χ0) is 16.2. The normalized spacial score (nSPS) is 10.0. The number of phenolic OH excluding ortho intramolecular Hbond substituents is 1. The number of aromatic hydroxyl groups is 1. The molecule has 0 aliphatic rings. The zero-order valence-corrected chi connectivity index (χ0v) is 12.8. The second kappa shape index (κ2) is 6.34. The van der Waals surface area contributed by atoms with Gasteiger partial charge in [-0.05, 0) is 54.1 Å². The standard InChI is InChI=1S/C18H12N2O2S/c19-11-12-1-3-13(4-2-12)16-9-10-17(23-16)18(22)20-14-5-7-15(21)8-6-14/h1-10,21H,(H,20,22). The van der Waals surface area contributed by atoms with Gasteiger partial charge < -0.3 is 10.4 Å². The number of nitrogens with zero attached hydrogens (tertiary/aromatic N) is 1. The molecule has 3 rings (SSSR count). The third-order valence-corrected chi connectivity index (χ3v) is 4.39. The molecule has 23 heavy (non-hydrogen) atoms. The van der Waals surface area contributed by atoms with E-state index in [1.165, 1.54) is 23.5 Å². The molecule has 0 fully saturated rings. The first-order chi connectivity index (χ1) is 11.2. The average Bonchev–Trinajstić information content (AvgIpc) is 3.07. The van der Waals surface area contributed by atoms with Crippen molar-refractivity contribution in [2.24, 2.45) is 0 Å². The maximum absolute atomic E-state index is 12.2. The van der Waals surface area contributed by atoms with E-state index >= 15 is 0 Å². The molecule has 112 valence electrons. The third-order valence-electron chi connectivity index (χ3n) is 3.25. The maximum atomic E-state index is 12.2. The van der Waals surface area contributed by atoms with E-state index in [1.54, 1.807) is 30.3 Å². The van der Waals surface area contributed by atoms with Crippen LogP contribution >= 0.6 is 11.3 Å². The largest absolute Gasteiger partial charge is 0.508 e. The lowest BCUT2D eigenvalue weighted by Gasteiger charge is -2.03. The van der Waals surface area contributed by atoms with E-state index in [1.807, 2.05) is 18.2 Å². The van der Waals surface area contributed by atoms with Crippen LogP contribution in [0.25, 0.3) is 10.4 Å². The van der Waals surface area contributed by atoms with Crippen molar-refractivity contribution < 1.29 is 9.90 Å². The van der Waals surface area contributed by atoms with Gasteiger partial charge in [-0.1, -0.05) is 12.1 Å². The van der Waals surface area contributed by atoms with Crippen molar-refractivity contribution in [2.75, 3.05) is 5.32 Å². The summed E-state index contributed by atoms with van der Waals surface area (Å²) in [6.07, 6.45) is 0. The van der Waals surface area contributed by atoms with Gasteiger partial charge in [0.15, 0.2) is 0 Å². The number of amides is 1. The number of rotatable bonds is 3. The van der Waals surface area contributed by atoms with Crippen LogP contribution in [0.4, 0.5) is 5.69 Å². The fourth-order valence-electron chi connectivity index (χ4n) is 2.06. The molecule has 0 saturated carbocycles. The molecule has 0 saturated heterocycles. The van der Waals surface area contributed by atoms with Gasteiger partial charge in [0.25, 0.3) is 5.91 Å². The molecule has 0 spiro atoms. The Labute approximate surface area is 137 Å². The highest BCUT2D eigenvalue weighted by Gasteiger charge is 2.10. The van der Waals surface area contributed by atoms with Crippen molar-refractivity contribution in [3.05, 3.63) is 71.1 Å². The molecule has 1 amide bonds. The van der Waals surface area contributed by atoms with Crippen LogP contribution in [0.15, 0.2) is 60.7 Å². The highest BCUT2D eigenvalue weighted by Crippen LogP contribution is 2.29. The van der Waals surface area contributed by atoms with E-state index in [-0.39, 0.29) is 11.7 Å². The minimum atomic E-state index is -0.194. The predicted molar refractivity (Wildman–Crippen MR) is 90.5 cm³/mol. The lowest BCUT2D eigenvalue weighted by Crippen LogP contribution is -2.09. The van der Waals surface area contributed by atoms with Crippen LogP contribution in [0.3, 0.4) is 0 Å². The summed E-state index contributed by atoms with van der Waals surface area (Å²) >= 11 is 1.39. The van der Waals surface area contributed by atoms with Gasteiger partial charge in [0, 0.05) is 10.6 Å². The maximum Gasteiger partial charge on any atom is 0.265 e. The number of phenols is 1. The SMILES string of the molecule is N#Cc1ccc(-c2ccc(C(=O)Nc3ccc(O)cc3)s2)cc1. The molecule has 2 N–H and O–H groups in total. The fourth-order valence-corrected chi connectivity index (χ4v) is 2.97.